The van der Waals surface area contributed by atoms with Crippen molar-refractivity contribution in [1.82, 2.24) is 19.1 Å². The number of carbonyl (C=O) groups excluding carboxylic acids is 1. The molecule has 2 rings (SSSR count). The lowest BCUT2D eigenvalue weighted by Gasteiger charge is -2.19. The van der Waals surface area contributed by atoms with Crippen LogP contribution in [-0.4, -0.2) is 36.9 Å². The summed E-state index contributed by atoms with van der Waals surface area (Å²) >= 11 is 1.19. The highest BCUT2D eigenvalue weighted by molar-refractivity contribution is 8.00. The van der Waals surface area contributed by atoms with Crippen LogP contribution in [0, 0.1) is 5.41 Å². The van der Waals surface area contributed by atoms with Gasteiger partial charge in [0.05, 0.1) is 6.61 Å². The van der Waals surface area contributed by atoms with Crippen molar-refractivity contribution in [2.75, 3.05) is 6.61 Å². The molecule has 0 aromatic carbocycles. The van der Waals surface area contributed by atoms with Gasteiger partial charge >= 0.3 is 11.7 Å². The molecule has 8 nitrogen and oxygen atoms in total. The van der Waals surface area contributed by atoms with Crippen molar-refractivity contribution in [2.45, 2.75) is 57.7 Å². The topological polar surface area (TPSA) is 96.1 Å². The number of thioether (sulfide) groups is 1. The monoisotopic (exact) mass is 408 g/mol. The molecule has 0 unspecified atom stereocenters. The zero-order valence-electron chi connectivity index (χ0n) is 17.5. The molecule has 1 atom stereocenters. The van der Waals surface area contributed by atoms with E-state index in [4.69, 9.17) is 4.74 Å². The van der Waals surface area contributed by atoms with Crippen LogP contribution in [0.4, 0.5) is 0 Å². The molecule has 0 fully saturated rings. The molecule has 2 aromatic rings. The minimum atomic E-state index is -0.498. The fraction of sp³-hybridized carbons (Fsp3) is 0.632. The zero-order valence-corrected chi connectivity index (χ0v) is 18.3. The van der Waals surface area contributed by atoms with Crippen LogP contribution >= 0.6 is 11.8 Å². The lowest BCUT2D eigenvalue weighted by molar-refractivity contribution is -0.142. The van der Waals surface area contributed by atoms with Crippen molar-refractivity contribution >= 4 is 28.8 Å². The van der Waals surface area contributed by atoms with E-state index in [0.717, 1.165) is 4.57 Å². The van der Waals surface area contributed by atoms with E-state index < -0.39 is 16.5 Å². The van der Waals surface area contributed by atoms with Gasteiger partial charge in [-0.3, -0.25) is 18.7 Å². The number of esters is 1. The van der Waals surface area contributed by atoms with Gasteiger partial charge in [-0.15, -0.1) is 0 Å². The normalized spacial score (nSPS) is 13.0. The van der Waals surface area contributed by atoms with Gasteiger partial charge in [0.2, 0.25) is 0 Å². The van der Waals surface area contributed by atoms with E-state index in [0.29, 0.717) is 23.7 Å². The van der Waals surface area contributed by atoms with Crippen molar-refractivity contribution in [1.29, 1.82) is 0 Å². The lowest BCUT2D eigenvalue weighted by atomic mass is 9.92. The summed E-state index contributed by atoms with van der Waals surface area (Å²) < 4.78 is 7.52. The Morgan fingerprint density at radius 2 is 1.79 bits per heavy atom. The molecule has 0 saturated heterocycles. The Hall–Kier alpha value is -2.16. The summed E-state index contributed by atoms with van der Waals surface area (Å²) in [6.07, 6.45) is 1.09. The van der Waals surface area contributed by atoms with Gasteiger partial charge in [0.15, 0.2) is 5.65 Å². The number of fused-ring (bicyclic) bond motifs is 1. The predicted octanol–water partition coefficient (Wildman–Crippen LogP) is 2.05. The molecule has 2 heterocycles. The van der Waals surface area contributed by atoms with E-state index in [-0.39, 0.29) is 29.0 Å². The second kappa shape index (κ2) is 8.46. The van der Waals surface area contributed by atoms with Crippen LogP contribution in [0.15, 0.2) is 14.6 Å². The van der Waals surface area contributed by atoms with Crippen molar-refractivity contribution < 1.29 is 9.53 Å². The van der Waals surface area contributed by atoms with Gasteiger partial charge in [-0.2, -0.15) is 0 Å². The third-order valence-electron chi connectivity index (χ3n) is 4.18. The first-order valence-electron chi connectivity index (χ1n) is 9.30. The van der Waals surface area contributed by atoms with E-state index in [2.05, 4.69) is 30.7 Å². The molecule has 0 amide bonds. The molecule has 0 spiro atoms. The number of carbonyl (C=O) groups is 1. The van der Waals surface area contributed by atoms with Crippen LogP contribution in [0.5, 0.6) is 0 Å². The van der Waals surface area contributed by atoms with E-state index >= 15 is 0 Å². The summed E-state index contributed by atoms with van der Waals surface area (Å²) in [6.45, 7) is 10.1. The molecule has 0 aliphatic rings. The summed E-state index contributed by atoms with van der Waals surface area (Å²) in [7, 11) is 3.00. The second-order valence-corrected chi connectivity index (χ2v) is 9.05. The Kier molecular flexibility index (Phi) is 6.69. The maximum Gasteiger partial charge on any atom is 0.332 e. The molecule has 0 bridgehead atoms. The van der Waals surface area contributed by atoms with Crippen LogP contribution in [0.3, 0.4) is 0 Å². The van der Waals surface area contributed by atoms with Gasteiger partial charge < -0.3 is 4.74 Å². The van der Waals surface area contributed by atoms with Gasteiger partial charge in [-0.25, -0.2) is 14.8 Å². The maximum absolute atomic E-state index is 12.8. The molecule has 28 heavy (non-hydrogen) atoms. The molecule has 0 radical (unpaired) electrons. The Balaban J connectivity index is 2.75. The van der Waals surface area contributed by atoms with Gasteiger partial charge in [-0.05, 0) is 18.8 Å². The van der Waals surface area contributed by atoms with Gasteiger partial charge in [-0.1, -0.05) is 39.5 Å². The number of hydrogen-bond acceptors (Lipinski definition) is 7. The van der Waals surface area contributed by atoms with Crippen molar-refractivity contribution in [3.63, 3.8) is 0 Å². The molecule has 0 saturated carbocycles. The van der Waals surface area contributed by atoms with Crippen molar-refractivity contribution in [3.05, 3.63) is 26.7 Å². The molecule has 9 heteroatoms. The van der Waals surface area contributed by atoms with E-state index in [1.165, 1.54) is 23.4 Å². The third kappa shape index (κ3) is 4.63. The van der Waals surface area contributed by atoms with Crippen molar-refractivity contribution in [3.8, 4) is 0 Å². The Morgan fingerprint density at radius 1 is 1.14 bits per heavy atom. The first kappa shape index (κ1) is 22.1. The second-order valence-electron chi connectivity index (χ2n) is 7.85. The summed E-state index contributed by atoms with van der Waals surface area (Å²) in [6, 6.07) is 0. The quantitative estimate of drug-likeness (QED) is 0.410. The molecule has 154 valence electrons. The largest absolute Gasteiger partial charge is 0.465 e. The first-order chi connectivity index (χ1) is 13.0. The molecule has 2 aromatic heterocycles. The number of rotatable bonds is 6. The Bertz CT molecular complexity index is 1000. The number of aryl methyl sites for hydroxylation is 1. The van der Waals surface area contributed by atoms with Crippen LogP contribution in [0.1, 0.15) is 46.9 Å². The predicted molar refractivity (Wildman–Crippen MR) is 110 cm³/mol. The zero-order chi connectivity index (χ0) is 21.2. The van der Waals surface area contributed by atoms with Crippen LogP contribution < -0.4 is 11.2 Å². The van der Waals surface area contributed by atoms with Crippen molar-refractivity contribution in [2.24, 2.45) is 19.5 Å². The molecule has 0 N–H and O–H groups in total. The van der Waals surface area contributed by atoms with Gasteiger partial charge in [0.25, 0.3) is 5.56 Å². The number of aromatic nitrogens is 4. The lowest BCUT2D eigenvalue weighted by Crippen LogP contribution is -2.38. The summed E-state index contributed by atoms with van der Waals surface area (Å²) in [5.41, 5.74) is -0.726. The number of nitrogens with zero attached hydrogens (tertiary/aromatic N) is 4. The summed E-state index contributed by atoms with van der Waals surface area (Å²) in [5, 5.41) is 0.151. The summed E-state index contributed by atoms with van der Waals surface area (Å²) in [4.78, 5) is 46.6. The van der Waals surface area contributed by atoms with Gasteiger partial charge in [0, 0.05) is 20.5 Å². The molecular formula is C19H28N4O4S. The fourth-order valence-electron chi connectivity index (χ4n) is 2.78. The fourth-order valence-corrected chi connectivity index (χ4v) is 3.83. The highest BCUT2D eigenvalue weighted by Crippen LogP contribution is 2.30. The smallest absolute Gasteiger partial charge is 0.332 e. The van der Waals surface area contributed by atoms with Crippen LogP contribution in [0.25, 0.3) is 11.0 Å². The average molecular weight is 409 g/mol. The molecule has 0 aliphatic heterocycles. The molecular weight excluding hydrogens is 380 g/mol. The van der Waals surface area contributed by atoms with E-state index in [9.17, 15) is 14.4 Å². The minimum absolute atomic E-state index is 0.0838. The first-order valence-corrected chi connectivity index (χ1v) is 10.2. The van der Waals surface area contributed by atoms with Gasteiger partial charge in [0.1, 0.15) is 21.5 Å². The number of hydrogen-bond donors (Lipinski definition) is 0. The average Bonchev–Trinajstić information content (AvgIpc) is 2.60. The van der Waals surface area contributed by atoms with Crippen LogP contribution in [-0.2, 0) is 30.0 Å². The van der Waals surface area contributed by atoms with E-state index in [1.807, 2.05) is 6.92 Å². The SMILES string of the molecule is CCOC(=O)[C@H](CC)Sc1nc(CC(C)(C)C)nc2c1c(=O)n(C)c(=O)n2C. The van der Waals surface area contributed by atoms with Crippen LogP contribution in [0.2, 0.25) is 0 Å². The maximum atomic E-state index is 12.8. The highest BCUT2D eigenvalue weighted by Gasteiger charge is 2.25. The number of ether oxygens (including phenoxy) is 1. The Labute approximate surface area is 168 Å². The third-order valence-corrected chi connectivity index (χ3v) is 5.50. The highest BCUT2D eigenvalue weighted by atomic mass is 32.2. The summed E-state index contributed by atoms with van der Waals surface area (Å²) in [5.74, 6) is 0.185. The standard InChI is InChI=1S/C19H28N4O4S/c1-8-11(17(25)27-9-2)28-15-13-14(20-12(21-15)10-19(3,4)5)22(6)18(26)23(7)16(13)24/h11H,8-10H2,1-7H3/t11-/m0/s1. The van der Waals surface area contributed by atoms with E-state index in [1.54, 1.807) is 14.0 Å². The Morgan fingerprint density at radius 3 is 2.32 bits per heavy atom. The molecule has 0 aliphatic carbocycles. The minimum Gasteiger partial charge on any atom is -0.465 e.